The van der Waals surface area contributed by atoms with Crippen LogP contribution in [0.4, 0.5) is 5.69 Å². The zero-order valence-corrected chi connectivity index (χ0v) is 13.7. The van der Waals surface area contributed by atoms with Crippen LogP contribution in [0.5, 0.6) is 0 Å². The Morgan fingerprint density at radius 1 is 0.957 bits per heavy atom. The molecule has 3 rings (SSSR count). The fraction of sp³-hybridized carbons (Fsp3) is 0. The molecule has 0 aromatic heterocycles. The number of thiocarbonyl (C=S) groups is 1. The second-order valence-corrected chi connectivity index (χ2v) is 5.74. The van der Waals surface area contributed by atoms with Gasteiger partial charge in [-0.15, -0.1) is 0 Å². The first-order valence-electron chi connectivity index (χ1n) is 7.06. The molecule has 0 saturated carbocycles. The number of halogens is 1. The number of benzene rings is 3. The minimum absolute atomic E-state index is 0.420. The Labute approximate surface area is 145 Å². The van der Waals surface area contributed by atoms with Gasteiger partial charge in [0.15, 0.2) is 5.11 Å². The molecular formula is C18H14ClN3S. The van der Waals surface area contributed by atoms with Crippen molar-refractivity contribution in [2.24, 2.45) is 5.10 Å². The second-order valence-electron chi connectivity index (χ2n) is 4.90. The minimum Gasteiger partial charge on any atom is -0.331 e. The summed E-state index contributed by atoms with van der Waals surface area (Å²) in [6.07, 6.45) is 1.76. The van der Waals surface area contributed by atoms with Crippen LogP contribution >= 0.6 is 23.8 Å². The SMILES string of the molecule is S=C(N/N=C\c1cccc2ccccc12)Nc1ccc(Cl)cc1. The smallest absolute Gasteiger partial charge is 0.191 e. The van der Waals surface area contributed by atoms with E-state index < -0.39 is 0 Å². The monoisotopic (exact) mass is 339 g/mol. The van der Waals surface area contributed by atoms with Crippen LogP contribution in [0.1, 0.15) is 5.56 Å². The van der Waals surface area contributed by atoms with Crippen molar-refractivity contribution in [3.05, 3.63) is 77.3 Å². The number of hydrogen-bond donors (Lipinski definition) is 2. The first-order chi connectivity index (χ1) is 11.2. The lowest BCUT2D eigenvalue weighted by Gasteiger charge is -2.07. The molecular weight excluding hydrogens is 326 g/mol. The maximum Gasteiger partial charge on any atom is 0.191 e. The van der Waals surface area contributed by atoms with E-state index >= 15 is 0 Å². The molecule has 2 N–H and O–H groups in total. The molecule has 0 saturated heterocycles. The molecule has 114 valence electrons. The van der Waals surface area contributed by atoms with Gasteiger partial charge in [0.2, 0.25) is 0 Å². The maximum absolute atomic E-state index is 5.85. The van der Waals surface area contributed by atoms with Crippen LogP contribution in [0, 0.1) is 0 Å². The summed E-state index contributed by atoms with van der Waals surface area (Å²) in [6, 6.07) is 21.6. The average molecular weight is 340 g/mol. The van der Waals surface area contributed by atoms with Gasteiger partial charge >= 0.3 is 0 Å². The van der Waals surface area contributed by atoms with Crippen LogP contribution in [0.2, 0.25) is 5.02 Å². The van der Waals surface area contributed by atoms with Gasteiger partial charge in [-0.2, -0.15) is 5.10 Å². The van der Waals surface area contributed by atoms with Crippen molar-refractivity contribution < 1.29 is 0 Å². The van der Waals surface area contributed by atoms with Crippen molar-refractivity contribution in [2.45, 2.75) is 0 Å². The van der Waals surface area contributed by atoms with E-state index in [4.69, 9.17) is 23.8 Å². The molecule has 0 atom stereocenters. The van der Waals surface area contributed by atoms with E-state index in [0.29, 0.717) is 10.1 Å². The highest BCUT2D eigenvalue weighted by Gasteiger charge is 1.98. The lowest BCUT2D eigenvalue weighted by molar-refractivity contribution is 1.05. The number of anilines is 1. The molecule has 0 aliphatic heterocycles. The predicted octanol–water partition coefficient (Wildman–Crippen LogP) is 4.81. The van der Waals surface area contributed by atoms with Crippen molar-refractivity contribution in [1.29, 1.82) is 0 Å². The van der Waals surface area contributed by atoms with E-state index in [1.807, 2.05) is 36.4 Å². The number of nitrogens with zero attached hydrogens (tertiary/aromatic N) is 1. The molecule has 3 aromatic rings. The molecule has 0 spiro atoms. The third-order valence-electron chi connectivity index (χ3n) is 3.30. The Morgan fingerprint density at radius 2 is 1.70 bits per heavy atom. The Morgan fingerprint density at radius 3 is 2.52 bits per heavy atom. The number of hydrazone groups is 1. The summed E-state index contributed by atoms with van der Waals surface area (Å²) >= 11 is 11.1. The normalized spacial score (nSPS) is 10.8. The van der Waals surface area contributed by atoms with Crippen molar-refractivity contribution in [2.75, 3.05) is 5.32 Å². The molecule has 0 fully saturated rings. The molecule has 0 heterocycles. The largest absolute Gasteiger partial charge is 0.331 e. The third kappa shape index (κ3) is 4.06. The van der Waals surface area contributed by atoms with Gasteiger partial charge in [0.05, 0.1) is 6.21 Å². The van der Waals surface area contributed by atoms with Crippen molar-refractivity contribution in [3.63, 3.8) is 0 Å². The second kappa shape index (κ2) is 7.22. The summed E-state index contributed by atoms with van der Waals surface area (Å²) in [4.78, 5) is 0. The van der Waals surface area contributed by atoms with E-state index in [-0.39, 0.29) is 0 Å². The summed E-state index contributed by atoms with van der Waals surface area (Å²) in [5.74, 6) is 0. The van der Waals surface area contributed by atoms with E-state index in [2.05, 4.69) is 34.0 Å². The predicted molar refractivity (Wildman–Crippen MR) is 102 cm³/mol. The van der Waals surface area contributed by atoms with Crippen molar-refractivity contribution in [1.82, 2.24) is 5.43 Å². The van der Waals surface area contributed by atoms with Gasteiger partial charge in [-0.3, -0.25) is 5.43 Å². The Bertz CT molecular complexity index is 854. The molecule has 3 nitrogen and oxygen atoms in total. The van der Waals surface area contributed by atoms with Crippen LogP contribution in [-0.2, 0) is 0 Å². The number of nitrogens with one attached hydrogen (secondary N) is 2. The van der Waals surface area contributed by atoms with Crippen LogP contribution in [-0.4, -0.2) is 11.3 Å². The van der Waals surface area contributed by atoms with Crippen molar-refractivity contribution >= 4 is 51.6 Å². The maximum atomic E-state index is 5.85. The Kier molecular flexibility index (Phi) is 4.86. The van der Waals surface area contributed by atoms with Gasteiger partial charge < -0.3 is 5.32 Å². The molecule has 0 radical (unpaired) electrons. The van der Waals surface area contributed by atoms with Crippen LogP contribution in [0.3, 0.4) is 0 Å². The van der Waals surface area contributed by atoms with E-state index in [0.717, 1.165) is 16.6 Å². The molecule has 5 heteroatoms. The highest BCUT2D eigenvalue weighted by Crippen LogP contribution is 2.16. The van der Waals surface area contributed by atoms with E-state index in [1.165, 1.54) is 5.39 Å². The quantitative estimate of drug-likeness (QED) is 0.408. The summed E-state index contributed by atoms with van der Waals surface area (Å²) in [5.41, 5.74) is 4.70. The molecule has 23 heavy (non-hydrogen) atoms. The summed E-state index contributed by atoms with van der Waals surface area (Å²) < 4.78 is 0. The zero-order valence-electron chi connectivity index (χ0n) is 12.2. The van der Waals surface area contributed by atoms with Crippen LogP contribution < -0.4 is 10.7 Å². The Balaban J connectivity index is 1.66. The lowest BCUT2D eigenvalue weighted by atomic mass is 10.1. The highest BCUT2D eigenvalue weighted by molar-refractivity contribution is 7.80. The van der Waals surface area contributed by atoms with Gasteiger partial charge in [-0.1, -0.05) is 54.1 Å². The van der Waals surface area contributed by atoms with Gasteiger partial charge in [-0.25, -0.2) is 0 Å². The van der Waals surface area contributed by atoms with Gasteiger partial charge in [0.1, 0.15) is 0 Å². The molecule has 0 bridgehead atoms. The third-order valence-corrected chi connectivity index (χ3v) is 3.74. The van der Waals surface area contributed by atoms with E-state index in [1.54, 1.807) is 18.3 Å². The summed E-state index contributed by atoms with van der Waals surface area (Å²) in [7, 11) is 0. The number of hydrogen-bond acceptors (Lipinski definition) is 2. The van der Waals surface area contributed by atoms with Crippen LogP contribution in [0.25, 0.3) is 10.8 Å². The van der Waals surface area contributed by atoms with Crippen LogP contribution in [0.15, 0.2) is 71.8 Å². The first-order valence-corrected chi connectivity index (χ1v) is 7.84. The van der Waals surface area contributed by atoms with Gasteiger partial charge in [0.25, 0.3) is 0 Å². The van der Waals surface area contributed by atoms with Crippen molar-refractivity contribution in [3.8, 4) is 0 Å². The topological polar surface area (TPSA) is 36.4 Å². The van der Waals surface area contributed by atoms with Gasteiger partial charge in [0, 0.05) is 16.3 Å². The average Bonchev–Trinajstić information content (AvgIpc) is 2.57. The zero-order chi connectivity index (χ0) is 16.1. The molecule has 0 aliphatic rings. The standard InChI is InChI=1S/C18H14ClN3S/c19-15-8-10-16(11-9-15)21-18(23)22-20-12-14-6-3-5-13-4-1-2-7-17(13)14/h1-12H,(H2,21,22,23)/b20-12-. The first kappa shape index (κ1) is 15.5. The minimum atomic E-state index is 0.420. The molecule has 0 aliphatic carbocycles. The summed E-state index contributed by atoms with van der Waals surface area (Å²) in [5, 5.41) is 10.7. The summed E-state index contributed by atoms with van der Waals surface area (Å²) in [6.45, 7) is 0. The highest BCUT2D eigenvalue weighted by atomic mass is 35.5. The number of rotatable bonds is 3. The van der Waals surface area contributed by atoms with Gasteiger partial charge in [-0.05, 0) is 47.3 Å². The lowest BCUT2D eigenvalue weighted by Crippen LogP contribution is -2.23. The Hall–Kier alpha value is -2.43. The molecule has 0 unspecified atom stereocenters. The fourth-order valence-corrected chi connectivity index (χ4v) is 2.51. The number of fused-ring (bicyclic) bond motifs is 1. The molecule has 3 aromatic carbocycles. The van der Waals surface area contributed by atoms with E-state index in [9.17, 15) is 0 Å². The fourth-order valence-electron chi connectivity index (χ4n) is 2.22. The molecule has 0 amide bonds.